The zero-order valence-corrected chi connectivity index (χ0v) is 33.0. The average Bonchev–Trinajstić information content (AvgIpc) is 3.88. The predicted molar refractivity (Wildman–Crippen MR) is 200 cm³/mol. The zero-order chi connectivity index (χ0) is 37.5. The minimum absolute atomic E-state index is 0.0460. The van der Waals surface area contributed by atoms with Crippen molar-refractivity contribution in [1.82, 2.24) is 0 Å². The molecule has 0 radical (unpaired) electrons. The van der Waals surface area contributed by atoms with Crippen molar-refractivity contribution in [3.63, 3.8) is 0 Å². The van der Waals surface area contributed by atoms with Gasteiger partial charge < -0.3 is 35.6 Å². The van der Waals surface area contributed by atoms with Gasteiger partial charge in [-0.05, 0) is 125 Å². The molecule has 296 valence electrons. The molecule has 52 heavy (non-hydrogen) atoms. The number of allylic oxidation sites excluding steroid dienone is 1. The first kappa shape index (κ1) is 39.3. The highest BCUT2D eigenvalue weighted by Crippen LogP contribution is 2.71. The highest BCUT2D eigenvalue weighted by molar-refractivity contribution is 5.95. The number of ketones is 1. The number of aliphatic hydroxyl groups excluding tert-OH is 2. The van der Waals surface area contributed by atoms with E-state index in [1.54, 1.807) is 13.0 Å². The fourth-order valence-electron chi connectivity index (χ4n) is 13.8. The number of hydrogen-bond acceptors (Lipinski definition) is 8. The minimum atomic E-state index is -1.39. The van der Waals surface area contributed by atoms with Crippen molar-refractivity contribution in [2.75, 3.05) is 13.2 Å². The predicted octanol–water partition coefficient (Wildman–Crippen LogP) is 4.11. The summed E-state index contributed by atoms with van der Waals surface area (Å²) in [5.74, 6) is 1.00. The van der Waals surface area contributed by atoms with E-state index in [0.717, 1.165) is 63.0 Å². The third-order valence-corrected chi connectivity index (χ3v) is 17.5. The Morgan fingerprint density at radius 3 is 2.37 bits per heavy atom. The van der Waals surface area contributed by atoms with Crippen molar-refractivity contribution >= 4 is 5.78 Å². The number of hydrogen-bond donors (Lipinski definition) is 7. The standard InChI is InChI=1S/C43H72N2O7/c1-38(25-46,17-13-27-16-20-45-34(44)21-27)42(5,50)37-36(52-37)41(4,49)33-15-19-43(51)31-23-32(48)30-22-29(47)14-18-39(30,2)35(31)28(24-40(33,43)3)12-11-26-9-7-6-8-10-26/h23,26-30,33-37,45-47,49-51H,6-22,24-25,44H2,1-5H3/p+1. The first-order valence-corrected chi connectivity index (χ1v) is 21.4. The van der Waals surface area contributed by atoms with Crippen LogP contribution in [0.4, 0.5) is 0 Å². The summed E-state index contributed by atoms with van der Waals surface area (Å²) in [6.45, 7) is 10.8. The highest BCUT2D eigenvalue weighted by atomic mass is 16.6. The summed E-state index contributed by atoms with van der Waals surface area (Å²) in [6.07, 6.45) is 16.1. The molecule has 0 amide bonds. The Kier molecular flexibility index (Phi) is 10.5. The number of epoxide rings is 1. The Balaban J connectivity index is 1.16. The van der Waals surface area contributed by atoms with E-state index in [1.165, 1.54) is 32.1 Å². The van der Waals surface area contributed by atoms with E-state index >= 15 is 0 Å². The molecule has 7 rings (SSSR count). The maximum Gasteiger partial charge on any atom is 0.159 e. The topological polar surface area (TPSA) is 173 Å². The van der Waals surface area contributed by atoms with Crippen LogP contribution in [0.5, 0.6) is 0 Å². The van der Waals surface area contributed by atoms with Crippen LogP contribution in [0.3, 0.4) is 0 Å². The van der Waals surface area contributed by atoms with Gasteiger partial charge in [0.1, 0.15) is 18.4 Å². The second kappa shape index (κ2) is 13.9. The van der Waals surface area contributed by atoms with Gasteiger partial charge in [-0.3, -0.25) is 10.5 Å². The Labute approximate surface area is 312 Å². The van der Waals surface area contributed by atoms with Gasteiger partial charge in [0, 0.05) is 23.2 Å². The van der Waals surface area contributed by atoms with Crippen molar-refractivity contribution in [2.24, 2.45) is 57.5 Å². The molecule has 2 heterocycles. The lowest BCUT2D eigenvalue weighted by atomic mass is 9.42. The van der Waals surface area contributed by atoms with Crippen molar-refractivity contribution < 1.29 is 40.4 Å². The van der Waals surface area contributed by atoms with Crippen LogP contribution in [-0.4, -0.2) is 85.7 Å². The van der Waals surface area contributed by atoms with Gasteiger partial charge in [0.15, 0.2) is 5.78 Å². The number of nitrogens with two attached hydrogens (primary N) is 2. The molecular formula is C43H73N2O7+. The summed E-state index contributed by atoms with van der Waals surface area (Å²) >= 11 is 0. The monoisotopic (exact) mass is 730 g/mol. The normalized spacial score (nSPS) is 47.2. The zero-order valence-electron chi connectivity index (χ0n) is 33.0. The van der Waals surface area contributed by atoms with Crippen molar-refractivity contribution in [2.45, 2.75) is 185 Å². The molecule has 2 saturated heterocycles. The number of piperidine rings is 1. The summed E-state index contributed by atoms with van der Waals surface area (Å²) < 4.78 is 6.34. The molecule has 5 aliphatic carbocycles. The lowest BCUT2D eigenvalue weighted by Crippen LogP contribution is -2.94. The maximum absolute atomic E-state index is 14.0. The number of quaternary nitrogens is 1. The van der Waals surface area contributed by atoms with Crippen molar-refractivity contribution in [3.8, 4) is 0 Å². The van der Waals surface area contributed by atoms with E-state index in [1.807, 2.05) is 13.8 Å². The molecule has 9 N–H and O–H groups in total. The molecule has 0 bridgehead atoms. The lowest BCUT2D eigenvalue weighted by Gasteiger charge is -2.63. The molecule has 0 spiro atoms. The Morgan fingerprint density at radius 2 is 1.67 bits per heavy atom. The summed E-state index contributed by atoms with van der Waals surface area (Å²) in [5, 5.41) is 61.6. The molecular weight excluding hydrogens is 656 g/mol. The first-order valence-electron chi connectivity index (χ1n) is 21.4. The van der Waals surface area contributed by atoms with Crippen LogP contribution in [0.2, 0.25) is 0 Å². The summed E-state index contributed by atoms with van der Waals surface area (Å²) in [4.78, 5) is 14.0. The van der Waals surface area contributed by atoms with Crippen molar-refractivity contribution in [3.05, 3.63) is 11.6 Å². The molecule has 0 aromatic carbocycles. The van der Waals surface area contributed by atoms with Gasteiger partial charge >= 0.3 is 0 Å². The first-order chi connectivity index (χ1) is 24.4. The fourth-order valence-corrected chi connectivity index (χ4v) is 13.8. The second-order valence-electron chi connectivity index (χ2n) is 20.6. The van der Waals surface area contributed by atoms with Crippen LogP contribution in [0.15, 0.2) is 11.6 Å². The molecule has 7 aliphatic rings. The molecule has 4 saturated carbocycles. The van der Waals surface area contributed by atoms with E-state index < -0.39 is 45.9 Å². The van der Waals surface area contributed by atoms with Gasteiger partial charge in [0.05, 0.1) is 36.1 Å². The molecule has 0 aromatic heterocycles. The van der Waals surface area contributed by atoms with E-state index in [4.69, 9.17) is 10.5 Å². The SMILES string of the molecule is CC(O)(C1OC1C(C)(O)C(C)(CO)CCC1CC[NH2+]C(N)C1)C1CCC2(O)C3=CC(=O)C4CC(O)CCC4(C)C3C(CCC3CCCCC3)CC12C. The maximum atomic E-state index is 14.0. The van der Waals surface area contributed by atoms with Crippen LogP contribution in [0.25, 0.3) is 0 Å². The highest BCUT2D eigenvalue weighted by Gasteiger charge is 2.74. The van der Waals surface area contributed by atoms with Gasteiger partial charge in [-0.2, -0.15) is 0 Å². The fraction of sp³-hybridized carbons (Fsp3) is 0.930. The van der Waals surface area contributed by atoms with E-state index in [9.17, 15) is 30.3 Å². The van der Waals surface area contributed by atoms with E-state index in [0.29, 0.717) is 38.0 Å². The number of ether oxygens (including phenoxy) is 1. The Hall–Kier alpha value is -0.910. The quantitative estimate of drug-likeness (QED) is 0.156. The van der Waals surface area contributed by atoms with Gasteiger partial charge in [0.25, 0.3) is 0 Å². The number of rotatable bonds is 11. The number of fused-ring (bicyclic) bond motifs is 5. The van der Waals surface area contributed by atoms with Crippen LogP contribution < -0.4 is 11.1 Å². The third kappa shape index (κ3) is 6.31. The smallest absolute Gasteiger partial charge is 0.159 e. The van der Waals surface area contributed by atoms with Gasteiger partial charge in [-0.25, -0.2) is 0 Å². The lowest BCUT2D eigenvalue weighted by molar-refractivity contribution is -0.699. The van der Waals surface area contributed by atoms with E-state index in [-0.39, 0.29) is 47.6 Å². The molecule has 15 atom stereocenters. The van der Waals surface area contributed by atoms with Gasteiger partial charge in [-0.15, -0.1) is 0 Å². The van der Waals surface area contributed by atoms with Crippen LogP contribution in [0.1, 0.15) is 144 Å². The van der Waals surface area contributed by atoms with Crippen LogP contribution in [-0.2, 0) is 9.53 Å². The molecule has 2 aliphatic heterocycles. The number of carbonyl (C=O) groups excluding carboxylic acids is 1. The van der Waals surface area contributed by atoms with Crippen LogP contribution >= 0.6 is 0 Å². The number of aliphatic hydroxyl groups is 5. The largest absolute Gasteiger partial charge is 0.396 e. The second-order valence-corrected chi connectivity index (χ2v) is 20.6. The minimum Gasteiger partial charge on any atom is -0.396 e. The Morgan fingerprint density at radius 1 is 0.942 bits per heavy atom. The molecule has 6 fully saturated rings. The molecule has 9 heteroatoms. The molecule has 0 aromatic rings. The summed E-state index contributed by atoms with van der Waals surface area (Å²) in [5.41, 5.74) is 1.30. The summed E-state index contributed by atoms with van der Waals surface area (Å²) in [6, 6.07) is 0. The van der Waals surface area contributed by atoms with Crippen LogP contribution in [0, 0.1) is 51.8 Å². The number of carbonyl (C=O) groups is 1. The van der Waals surface area contributed by atoms with Gasteiger partial charge in [0.2, 0.25) is 0 Å². The van der Waals surface area contributed by atoms with E-state index in [2.05, 4.69) is 19.2 Å². The summed E-state index contributed by atoms with van der Waals surface area (Å²) in [7, 11) is 0. The van der Waals surface area contributed by atoms with Gasteiger partial charge in [-0.1, -0.05) is 59.3 Å². The van der Waals surface area contributed by atoms with Crippen molar-refractivity contribution in [1.29, 1.82) is 0 Å². The molecule has 9 nitrogen and oxygen atoms in total. The Bertz CT molecular complexity index is 1360. The third-order valence-electron chi connectivity index (χ3n) is 17.5. The average molecular weight is 730 g/mol. The molecule has 15 unspecified atom stereocenters.